The van der Waals surface area contributed by atoms with Crippen LogP contribution in [0.2, 0.25) is 0 Å². The van der Waals surface area contributed by atoms with Crippen LogP contribution < -0.4 is 9.47 Å². The fourth-order valence-electron chi connectivity index (χ4n) is 2.52. The van der Waals surface area contributed by atoms with Crippen molar-refractivity contribution in [3.05, 3.63) is 86.2 Å². The third-order valence-electron chi connectivity index (χ3n) is 3.76. The van der Waals surface area contributed by atoms with E-state index in [1.165, 1.54) is 11.3 Å². The number of Topliss-reactive ketones (excluding diaryl/α,β-unsaturated/α-hetero) is 1. The highest BCUT2D eigenvalue weighted by Gasteiger charge is 2.28. The molecule has 0 bridgehead atoms. The number of benzene rings is 2. The summed E-state index contributed by atoms with van der Waals surface area (Å²) in [5.74, 6) is 0.287. The summed E-state index contributed by atoms with van der Waals surface area (Å²) in [4.78, 5) is 25.7. The molecule has 0 atom stereocenters. The SMILES string of the molecule is O=C(Oc1ccc2c(c1)O/C(=C\c1cccs1)C2=O)c1ccccc1Br. The number of thiophene rings is 1. The second-order valence-electron chi connectivity index (χ2n) is 5.48. The molecule has 0 saturated carbocycles. The molecule has 0 unspecified atom stereocenters. The van der Waals surface area contributed by atoms with Gasteiger partial charge in [0.15, 0.2) is 5.76 Å². The van der Waals surface area contributed by atoms with E-state index in [4.69, 9.17) is 9.47 Å². The molecule has 1 aromatic heterocycles. The summed E-state index contributed by atoms with van der Waals surface area (Å²) in [6, 6.07) is 15.6. The van der Waals surface area contributed by atoms with Crippen molar-refractivity contribution in [3.63, 3.8) is 0 Å². The van der Waals surface area contributed by atoms with Gasteiger partial charge in [0.05, 0.1) is 11.1 Å². The third-order valence-corrected chi connectivity index (χ3v) is 5.27. The summed E-state index contributed by atoms with van der Waals surface area (Å²) in [5, 5.41) is 1.93. The van der Waals surface area contributed by atoms with Crippen molar-refractivity contribution < 1.29 is 19.1 Å². The van der Waals surface area contributed by atoms with Crippen molar-refractivity contribution in [2.75, 3.05) is 0 Å². The first kappa shape index (κ1) is 16.8. The number of rotatable bonds is 3. The number of carbonyl (C=O) groups is 2. The molecule has 1 aliphatic heterocycles. The maximum atomic E-state index is 12.4. The molecule has 4 nitrogen and oxygen atoms in total. The molecule has 4 rings (SSSR count). The number of fused-ring (bicyclic) bond motifs is 1. The summed E-state index contributed by atoms with van der Waals surface area (Å²) < 4.78 is 11.7. The Morgan fingerprint density at radius 3 is 2.73 bits per heavy atom. The summed E-state index contributed by atoms with van der Waals surface area (Å²) >= 11 is 4.85. The molecule has 2 heterocycles. The molecule has 26 heavy (non-hydrogen) atoms. The van der Waals surface area contributed by atoms with Gasteiger partial charge in [-0.1, -0.05) is 18.2 Å². The summed E-state index contributed by atoms with van der Waals surface area (Å²) in [6.45, 7) is 0. The first-order valence-electron chi connectivity index (χ1n) is 7.70. The second-order valence-corrected chi connectivity index (χ2v) is 7.32. The maximum Gasteiger partial charge on any atom is 0.344 e. The number of hydrogen-bond acceptors (Lipinski definition) is 5. The quantitative estimate of drug-likeness (QED) is 0.322. The fraction of sp³-hybridized carbons (Fsp3) is 0. The predicted octanol–water partition coefficient (Wildman–Crippen LogP) is 5.35. The first-order chi connectivity index (χ1) is 12.6. The van der Waals surface area contributed by atoms with Crippen LogP contribution in [0.25, 0.3) is 6.08 Å². The lowest BCUT2D eigenvalue weighted by Gasteiger charge is -2.06. The minimum Gasteiger partial charge on any atom is -0.452 e. The van der Waals surface area contributed by atoms with Crippen molar-refractivity contribution in [2.24, 2.45) is 0 Å². The number of hydrogen-bond donors (Lipinski definition) is 0. The van der Waals surface area contributed by atoms with Crippen molar-refractivity contribution in [1.82, 2.24) is 0 Å². The molecule has 2 aromatic carbocycles. The van der Waals surface area contributed by atoms with Crippen LogP contribution in [0.1, 0.15) is 25.6 Å². The van der Waals surface area contributed by atoms with Crippen molar-refractivity contribution >= 4 is 45.1 Å². The van der Waals surface area contributed by atoms with Gasteiger partial charge in [-0.15, -0.1) is 11.3 Å². The Morgan fingerprint density at radius 1 is 1.12 bits per heavy atom. The first-order valence-corrected chi connectivity index (χ1v) is 9.37. The molecule has 1 aliphatic rings. The van der Waals surface area contributed by atoms with Crippen LogP contribution in [0, 0.1) is 0 Å². The van der Waals surface area contributed by atoms with Crippen LogP contribution in [0.3, 0.4) is 0 Å². The normalized spacial score (nSPS) is 14.2. The summed E-state index contributed by atoms with van der Waals surface area (Å²) in [7, 11) is 0. The van der Waals surface area contributed by atoms with Gasteiger partial charge in [0.2, 0.25) is 5.78 Å². The Bertz CT molecular complexity index is 1040. The van der Waals surface area contributed by atoms with Gasteiger partial charge in [-0.05, 0) is 51.6 Å². The topological polar surface area (TPSA) is 52.6 Å². The van der Waals surface area contributed by atoms with E-state index in [9.17, 15) is 9.59 Å². The lowest BCUT2D eigenvalue weighted by molar-refractivity contribution is 0.0733. The Morgan fingerprint density at radius 2 is 1.96 bits per heavy atom. The van der Waals surface area contributed by atoms with Gasteiger partial charge in [-0.2, -0.15) is 0 Å². The molecule has 0 aliphatic carbocycles. The van der Waals surface area contributed by atoms with Crippen molar-refractivity contribution in [2.45, 2.75) is 0 Å². The highest BCUT2D eigenvalue weighted by atomic mass is 79.9. The second kappa shape index (κ2) is 6.90. The lowest BCUT2D eigenvalue weighted by atomic mass is 10.1. The van der Waals surface area contributed by atoms with Crippen molar-refractivity contribution in [1.29, 1.82) is 0 Å². The monoisotopic (exact) mass is 426 g/mol. The highest BCUT2D eigenvalue weighted by Crippen LogP contribution is 2.35. The highest BCUT2D eigenvalue weighted by molar-refractivity contribution is 9.10. The predicted molar refractivity (Wildman–Crippen MR) is 103 cm³/mol. The number of allylic oxidation sites excluding steroid dienone is 1. The zero-order valence-corrected chi connectivity index (χ0v) is 15.7. The van der Waals surface area contributed by atoms with E-state index in [0.717, 1.165) is 4.88 Å². The molecule has 0 radical (unpaired) electrons. The van der Waals surface area contributed by atoms with E-state index in [0.29, 0.717) is 27.1 Å². The largest absolute Gasteiger partial charge is 0.452 e. The van der Waals surface area contributed by atoms with Crippen LogP contribution in [0.15, 0.2) is 70.2 Å². The molecule has 0 amide bonds. The Hall–Kier alpha value is -2.70. The van der Waals surface area contributed by atoms with E-state index in [2.05, 4.69) is 15.9 Å². The lowest BCUT2D eigenvalue weighted by Crippen LogP contribution is -2.09. The molecule has 0 saturated heterocycles. The van der Waals surface area contributed by atoms with Gasteiger partial charge in [0, 0.05) is 21.5 Å². The zero-order valence-electron chi connectivity index (χ0n) is 13.3. The van der Waals surface area contributed by atoms with Crippen molar-refractivity contribution in [3.8, 4) is 11.5 Å². The van der Waals surface area contributed by atoms with Gasteiger partial charge < -0.3 is 9.47 Å². The average molecular weight is 427 g/mol. The molecule has 0 fully saturated rings. The Kier molecular flexibility index (Phi) is 4.44. The molecule has 128 valence electrons. The number of ether oxygens (including phenoxy) is 2. The van der Waals surface area contributed by atoms with E-state index < -0.39 is 5.97 Å². The molecule has 0 spiro atoms. The van der Waals surface area contributed by atoms with Gasteiger partial charge in [0.1, 0.15) is 11.5 Å². The third kappa shape index (κ3) is 3.21. The Balaban J connectivity index is 1.57. The van der Waals surface area contributed by atoms with Crippen LogP contribution in [-0.2, 0) is 0 Å². The van der Waals surface area contributed by atoms with Crippen LogP contribution in [0.4, 0.5) is 0 Å². The number of halogens is 1. The average Bonchev–Trinajstić information content (AvgIpc) is 3.24. The Labute approximate surface area is 161 Å². The van der Waals surface area contributed by atoms with E-state index in [1.54, 1.807) is 42.5 Å². The summed E-state index contributed by atoms with van der Waals surface area (Å²) in [5.41, 5.74) is 0.872. The van der Waals surface area contributed by atoms with Crippen LogP contribution >= 0.6 is 27.3 Å². The maximum absolute atomic E-state index is 12.4. The number of carbonyl (C=O) groups excluding carboxylic acids is 2. The minimum absolute atomic E-state index is 0.183. The standard InChI is InChI=1S/C20H11BrO4S/c21-16-6-2-1-5-14(16)20(23)24-12-7-8-15-17(10-12)25-18(19(15)22)11-13-4-3-9-26-13/h1-11H/b18-11-. The molecule has 0 N–H and O–H groups in total. The van der Waals surface area contributed by atoms with E-state index >= 15 is 0 Å². The van der Waals surface area contributed by atoms with E-state index in [1.807, 2.05) is 23.6 Å². The zero-order chi connectivity index (χ0) is 18.1. The van der Waals surface area contributed by atoms with Gasteiger partial charge in [-0.3, -0.25) is 4.79 Å². The van der Waals surface area contributed by atoms with E-state index in [-0.39, 0.29) is 11.5 Å². The van der Waals surface area contributed by atoms with Crippen LogP contribution in [0.5, 0.6) is 11.5 Å². The smallest absolute Gasteiger partial charge is 0.344 e. The molecule has 3 aromatic rings. The molecular weight excluding hydrogens is 416 g/mol. The minimum atomic E-state index is -0.490. The number of ketones is 1. The van der Waals surface area contributed by atoms with Gasteiger partial charge in [-0.25, -0.2) is 4.79 Å². The molecular formula is C20H11BrO4S. The van der Waals surface area contributed by atoms with Gasteiger partial charge in [0.25, 0.3) is 0 Å². The molecule has 6 heteroatoms. The van der Waals surface area contributed by atoms with Crippen LogP contribution in [-0.4, -0.2) is 11.8 Å². The summed E-state index contributed by atoms with van der Waals surface area (Å²) in [6.07, 6.45) is 1.71. The van der Waals surface area contributed by atoms with Gasteiger partial charge >= 0.3 is 5.97 Å². The fourth-order valence-corrected chi connectivity index (χ4v) is 3.62. The number of esters is 1.